The van der Waals surface area contributed by atoms with E-state index in [4.69, 9.17) is 19.7 Å². The molecule has 1 aliphatic heterocycles. The zero-order valence-corrected chi connectivity index (χ0v) is 21.2. The number of benzene rings is 3. The van der Waals surface area contributed by atoms with E-state index in [0.717, 1.165) is 21.6 Å². The van der Waals surface area contributed by atoms with Crippen LogP contribution in [-0.2, 0) is 27.4 Å². The number of hydrogen-bond acceptors (Lipinski definition) is 6. The van der Waals surface area contributed by atoms with E-state index in [9.17, 15) is 5.53 Å². The van der Waals surface area contributed by atoms with Crippen LogP contribution >= 0.6 is 11.8 Å². The van der Waals surface area contributed by atoms with E-state index in [1.165, 1.54) is 11.8 Å². The molecule has 9 nitrogen and oxygen atoms in total. The Morgan fingerprint density at radius 3 is 1.97 bits per heavy atom. The normalized spacial score (nSPS) is 23.0. The minimum Gasteiger partial charge on any atom is -0.370 e. The summed E-state index contributed by atoms with van der Waals surface area (Å²) in [6, 6.07) is 26.8. The fourth-order valence-electron chi connectivity index (χ4n) is 4.11. The number of nitrogens with zero attached hydrogens (tertiary/aromatic N) is 6. The van der Waals surface area contributed by atoms with Crippen molar-refractivity contribution in [2.75, 3.05) is 6.54 Å². The maximum absolute atomic E-state index is 9.47. The Morgan fingerprint density at radius 2 is 1.41 bits per heavy atom. The van der Waals surface area contributed by atoms with Gasteiger partial charge in [0, 0.05) is 14.7 Å². The Bertz CT molecular complexity index is 1220. The molecule has 0 radical (unpaired) electrons. The van der Waals surface area contributed by atoms with Crippen LogP contribution in [-0.4, -0.2) is 36.3 Å². The first-order valence-corrected chi connectivity index (χ1v) is 12.8. The number of hydrogen-bond donors (Lipinski definition) is 0. The number of rotatable bonds is 11. The highest BCUT2D eigenvalue weighted by atomic mass is 32.2. The zero-order chi connectivity index (χ0) is 25.9. The van der Waals surface area contributed by atoms with Crippen molar-refractivity contribution in [2.45, 2.75) is 54.8 Å². The third-order valence-corrected chi connectivity index (χ3v) is 7.13. The lowest BCUT2D eigenvalue weighted by molar-refractivity contribution is -0.195. The lowest BCUT2D eigenvalue weighted by Gasteiger charge is -2.44. The van der Waals surface area contributed by atoms with Crippen LogP contribution in [0.3, 0.4) is 0 Å². The van der Waals surface area contributed by atoms with Crippen molar-refractivity contribution in [1.29, 1.82) is 0 Å². The van der Waals surface area contributed by atoms with Gasteiger partial charge in [-0.3, -0.25) is 0 Å². The van der Waals surface area contributed by atoms with Crippen LogP contribution in [0.5, 0.6) is 0 Å². The molecule has 0 spiro atoms. The van der Waals surface area contributed by atoms with E-state index in [-0.39, 0.29) is 6.54 Å². The molecule has 0 amide bonds. The molecule has 190 valence electrons. The van der Waals surface area contributed by atoms with Gasteiger partial charge in [0.15, 0.2) is 0 Å². The van der Waals surface area contributed by atoms with Crippen LogP contribution < -0.4 is 0 Å². The van der Waals surface area contributed by atoms with Crippen LogP contribution in [0.2, 0.25) is 0 Å². The summed E-state index contributed by atoms with van der Waals surface area (Å²) in [5, 5.41) is 7.90. The Hall–Kier alpha value is -3.49. The monoisotopic (exact) mass is 516 g/mol. The lowest BCUT2D eigenvalue weighted by Crippen LogP contribution is -2.58. The van der Waals surface area contributed by atoms with Gasteiger partial charge in [0.2, 0.25) is 0 Å². The summed E-state index contributed by atoms with van der Waals surface area (Å²) >= 11 is 1.44. The molecule has 1 aliphatic rings. The summed E-state index contributed by atoms with van der Waals surface area (Å²) in [6.07, 6.45) is -1.89. The highest BCUT2D eigenvalue weighted by molar-refractivity contribution is 7.99. The summed E-state index contributed by atoms with van der Waals surface area (Å²) in [6.45, 7) is 2.66. The first-order chi connectivity index (χ1) is 18.2. The predicted octanol–water partition coefficient (Wildman–Crippen LogP) is 6.97. The van der Waals surface area contributed by atoms with Crippen molar-refractivity contribution in [3.05, 3.63) is 123 Å². The molecule has 1 saturated heterocycles. The molecular weight excluding hydrogens is 488 g/mol. The average molecular weight is 517 g/mol. The van der Waals surface area contributed by atoms with Crippen LogP contribution in [0.1, 0.15) is 16.7 Å². The molecule has 0 aliphatic carbocycles. The second-order valence-corrected chi connectivity index (χ2v) is 9.78. The van der Waals surface area contributed by atoms with E-state index in [1.807, 2.05) is 91.9 Å². The average Bonchev–Trinajstić information content (AvgIpc) is 2.93. The summed E-state index contributed by atoms with van der Waals surface area (Å²) in [7, 11) is 0. The molecule has 1 fully saturated rings. The quantitative estimate of drug-likeness (QED) is 0.155. The number of aryl methyl sites for hydroxylation is 1. The molecule has 3 aromatic carbocycles. The summed E-state index contributed by atoms with van der Waals surface area (Å²) in [5.41, 5.74) is 21.0. The minimum atomic E-state index is -0.692. The Kier molecular flexibility index (Phi) is 9.85. The van der Waals surface area contributed by atoms with Gasteiger partial charge in [-0.2, -0.15) is 0 Å². The van der Waals surface area contributed by atoms with Crippen molar-refractivity contribution in [2.24, 2.45) is 10.2 Å². The Labute approximate surface area is 220 Å². The molecule has 0 aromatic heterocycles. The first kappa shape index (κ1) is 26.6. The van der Waals surface area contributed by atoms with Crippen LogP contribution in [0.15, 0.2) is 100 Å². The third-order valence-electron chi connectivity index (χ3n) is 5.97. The maximum Gasteiger partial charge on any atom is 0.119 e. The molecule has 1 heterocycles. The summed E-state index contributed by atoms with van der Waals surface area (Å²) in [5.74, 6) is 0. The highest BCUT2D eigenvalue weighted by Gasteiger charge is 2.47. The van der Waals surface area contributed by atoms with E-state index in [2.05, 4.69) is 20.1 Å². The maximum atomic E-state index is 9.47. The van der Waals surface area contributed by atoms with Crippen molar-refractivity contribution >= 4 is 11.8 Å². The van der Waals surface area contributed by atoms with Gasteiger partial charge in [-0.1, -0.05) is 100 Å². The van der Waals surface area contributed by atoms with Gasteiger partial charge in [0.25, 0.3) is 0 Å². The molecule has 4 rings (SSSR count). The molecule has 0 N–H and O–H groups in total. The Balaban J connectivity index is 1.65. The predicted molar refractivity (Wildman–Crippen MR) is 143 cm³/mol. The molecule has 3 aromatic rings. The van der Waals surface area contributed by atoms with E-state index < -0.39 is 29.8 Å². The van der Waals surface area contributed by atoms with Crippen molar-refractivity contribution < 1.29 is 14.2 Å². The van der Waals surface area contributed by atoms with Crippen LogP contribution in [0, 0.1) is 6.92 Å². The molecule has 0 saturated carbocycles. The summed E-state index contributed by atoms with van der Waals surface area (Å²) in [4.78, 5) is 7.02. The molecule has 5 atom stereocenters. The molecule has 10 heteroatoms. The number of thioether (sulfide) groups is 1. The topological polar surface area (TPSA) is 125 Å². The van der Waals surface area contributed by atoms with Crippen molar-refractivity contribution in [1.82, 2.24) is 0 Å². The smallest absolute Gasteiger partial charge is 0.119 e. The second-order valence-electron chi connectivity index (χ2n) is 8.61. The first-order valence-electron chi connectivity index (χ1n) is 11.9. The standard InChI is InChI=1S/C27H28N6O3S/c1-19-12-14-22(15-13-19)37-27-24(31-33-29)26(35-18-21-10-6-3-7-11-21)25(23(36-27)16-30-32-28)34-17-20-8-4-2-5-9-20/h2-15,23-27H,16-18H2,1H3/t23-,24+,25+,26+,27+/m0/s1. The van der Waals surface area contributed by atoms with E-state index in [1.54, 1.807) is 0 Å². The van der Waals surface area contributed by atoms with Gasteiger partial charge in [0.05, 0.1) is 32.0 Å². The van der Waals surface area contributed by atoms with Gasteiger partial charge < -0.3 is 14.2 Å². The molecule has 37 heavy (non-hydrogen) atoms. The Morgan fingerprint density at radius 1 is 0.811 bits per heavy atom. The number of ether oxygens (including phenoxy) is 3. The SMILES string of the molecule is Cc1ccc(S[C@H]2O[C@@H](CN=[N+]=[N-])[C@@H](OCc3ccccc3)[C@H](OCc3ccccc3)[C@H]2N=[N+]=[N-])cc1. The third kappa shape index (κ3) is 7.50. The van der Waals surface area contributed by atoms with Gasteiger partial charge in [-0.05, 0) is 41.2 Å². The zero-order valence-electron chi connectivity index (χ0n) is 20.4. The fourth-order valence-corrected chi connectivity index (χ4v) is 5.22. The van der Waals surface area contributed by atoms with E-state index >= 15 is 0 Å². The fraction of sp³-hybridized carbons (Fsp3) is 0.333. The van der Waals surface area contributed by atoms with Crippen molar-refractivity contribution in [3.63, 3.8) is 0 Å². The van der Waals surface area contributed by atoms with Crippen LogP contribution in [0.25, 0.3) is 20.9 Å². The highest BCUT2D eigenvalue weighted by Crippen LogP contribution is 2.38. The molecule has 0 bridgehead atoms. The van der Waals surface area contributed by atoms with Gasteiger partial charge in [0.1, 0.15) is 17.6 Å². The minimum absolute atomic E-state index is 0.0507. The van der Waals surface area contributed by atoms with Crippen LogP contribution in [0.4, 0.5) is 0 Å². The second kappa shape index (κ2) is 13.7. The molecule has 0 unspecified atom stereocenters. The van der Waals surface area contributed by atoms with Gasteiger partial charge >= 0.3 is 0 Å². The van der Waals surface area contributed by atoms with E-state index in [0.29, 0.717) is 13.2 Å². The summed E-state index contributed by atoms with van der Waals surface area (Å²) < 4.78 is 19.2. The lowest BCUT2D eigenvalue weighted by atomic mass is 9.97. The number of azide groups is 2. The van der Waals surface area contributed by atoms with Gasteiger partial charge in [-0.15, -0.1) is 0 Å². The molecular formula is C27H28N6O3S. The largest absolute Gasteiger partial charge is 0.370 e. The van der Waals surface area contributed by atoms with Gasteiger partial charge in [-0.25, -0.2) is 0 Å². The van der Waals surface area contributed by atoms with Crippen molar-refractivity contribution in [3.8, 4) is 0 Å².